The molecule has 0 heterocycles. The summed E-state index contributed by atoms with van der Waals surface area (Å²) in [7, 11) is -4.67. The van der Waals surface area contributed by atoms with Gasteiger partial charge in [-0.3, -0.25) is 9.11 Å². The van der Waals surface area contributed by atoms with Gasteiger partial charge < -0.3 is 42.9 Å². The number of hydrogen-bond acceptors (Lipinski definition) is 10. The van der Waals surface area contributed by atoms with Gasteiger partial charge in [-0.15, -0.1) is 0 Å². The molecule has 23 heavy (non-hydrogen) atoms. The molecule has 0 fully saturated rings. The number of benzene rings is 1. The molecule has 0 unspecified atom stereocenters. The minimum atomic E-state index is -4.67. The molecule has 1 aromatic rings. The molecule has 0 aliphatic rings. The van der Waals surface area contributed by atoms with Gasteiger partial charge in [-0.05, 0) is 11.1 Å². The molecule has 0 atom stereocenters. The van der Waals surface area contributed by atoms with E-state index in [0.717, 1.165) is 0 Å². The zero-order valence-electron chi connectivity index (χ0n) is 11.9. The largest absolute Gasteiger partial charge is 0.394 e. The van der Waals surface area contributed by atoms with Crippen LogP contribution in [0.4, 0.5) is 0 Å². The van der Waals surface area contributed by atoms with E-state index in [2.05, 4.69) is 0 Å². The second kappa shape index (κ2) is 9.81. The van der Waals surface area contributed by atoms with Gasteiger partial charge in [0.15, 0.2) is 0 Å². The molecule has 0 aliphatic carbocycles. The highest BCUT2D eigenvalue weighted by atomic mass is 32.3. The second-order valence-electron chi connectivity index (χ2n) is 4.17. The predicted molar refractivity (Wildman–Crippen MR) is 76.8 cm³/mol. The first kappa shape index (κ1) is 26.7. The van der Waals surface area contributed by atoms with Gasteiger partial charge in [-0.1, -0.05) is 24.3 Å². The molecule has 0 saturated heterocycles. The molecule has 12 nitrogen and oxygen atoms in total. The van der Waals surface area contributed by atoms with E-state index in [9.17, 15) is 0 Å². The highest BCUT2D eigenvalue weighted by molar-refractivity contribution is 7.79. The van der Waals surface area contributed by atoms with Gasteiger partial charge in [0, 0.05) is 0 Å². The van der Waals surface area contributed by atoms with Crippen molar-refractivity contribution in [3.8, 4) is 0 Å². The van der Waals surface area contributed by atoms with Gasteiger partial charge >= 0.3 is 10.4 Å². The Morgan fingerprint density at radius 1 is 0.696 bits per heavy atom. The van der Waals surface area contributed by atoms with Gasteiger partial charge in [-0.2, -0.15) is 8.42 Å². The van der Waals surface area contributed by atoms with Gasteiger partial charge in [0.25, 0.3) is 11.9 Å². The van der Waals surface area contributed by atoms with E-state index in [1.54, 1.807) is 0 Å². The van der Waals surface area contributed by atoms with Crippen LogP contribution in [0.3, 0.4) is 0 Å². The molecule has 1 aromatic carbocycles. The molecular weight excluding hydrogens is 340 g/mol. The molecule has 13 heteroatoms. The summed E-state index contributed by atoms with van der Waals surface area (Å²) in [5.41, 5.74) is 0.909. The van der Waals surface area contributed by atoms with Crippen molar-refractivity contribution in [2.75, 3.05) is 0 Å². The normalized spacial score (nSPS) is 11.5. The third-order valence-electron chi connectivity index (χ3n) is 1.91. The fourth-order valence-electron chi connectivity index (χ4n) is 1.32. The zero-order valence-corrected chi connectivity index (χ0v) is 12.8. The summed E-state index contributed by atoms with van der Waals surface area (Å²) in [6, 6.07) is 5.88. The van der Waals surface area contributed by atoms with Gasteiger partial charge in [0.2, 0.25) is 0 Å². The third-order valence-corrected chi connectivity index (χ3v) is 1.91. The van der Waals surface area contributed by atoms with Crippen molar-refractivity contribution >= 4 is 10.4 Å². The summed E-state index contributed by atoms with van der Waals surface area (Å²) in [6.07, 6.45) is -0.731. The van der Waals surface area contributed by atoms with Crippen LogP contribution in [0.5, 0.6) is 0 Å². The fraction of sp³-hybridized carbons (Fsp3) is 0.400. The lowest BCUT2D eigenvalue weighted by atomic mass is 10.1. The summed E-state index contributed by atoms with van der Waals surface area (Å²) in [5.74, 6) is -5.54. The van der Waals surface area contributed by atoms with Crippen molar-refractivity contribution in [3.05, 3.63) is 35.4 Å². The standard InChI is InChI=1S/C10H14O6.2H3N.H2O4S/c11-9(12,13)5-7-1-2-8(4-3-7)6-10(14,15)16;;;1-5(2,3)4/h1-4,11-16H,5-6H2;2*1H3;(H2,1,2,3,4). The molecule has 1 rings (SSSR count). The van der Waals surface area contributed by atoms with E-state index in [1.807, 2.05) is 0 Å². The van der Waals surface area contributed by atoms with Crippen molar-refractivity contribution in [2.45, 2.75) is 24.8 Å². The quantitative estimate of drug-likeness (QED) is 0.200. The fourth-order valence-corrected chi connectivity index (χ4v) is 1.32. The van der Waals surface area contributed by atoms with Crippen LogP contribution in [0.1, 0.15) is 11.1 Å². The van der Waals surface area contributed by atoms with Crippen LogP contribution >= 0.6 is 0 Å². The number of hydrogen-bond donors (Lipinski definition) is 10. The molecule has 14 N–H and O–H groups in total. The Bertz CT molecular complexity index is 489. The van der Waals surface area contributed by atoms with Crippen molar-refractivity contribution in [1.82, 2.24) is 12.3 Å². The van der Waals surface area contributed by atoms with Crippen LogP contribution < -0.4 is 12.3 Å². The summed E-state index contributed by atoms with van der Waals surface area (Å²) in [4.78, 5) is 0. The minimum Gasteiger partial charge on any atom is -0.344 e. The highest BCUT2D eigenvalue weighted by Crippen LogP contribution is 2.13. The Labute approximate surface area is 132 Å². The molecule has 0 amide bonds. The van der Waals surface area contributed by atoms with Crippen molar-refractivity contribution in [3.63, 3.8) is 0 Å². The first-order chi connectivity index (χ1) is 9.16. The van der Waals surface area contributed by atoms with E-state index < -0.39 is 22.3 Å². The molecule has 0 aliphatic heterocycles. The van der Waals surface area contributed by atoms with Crippen LogP contribution in [0.15, 0.2) is 24.3 Å². The van der Waals surface area contributed by atoms with Crippen LogP contribution in [0.25, 0.3) is 0 Å². The lowest BCUT2D eigenvalue weighted by Gasteiger charge is -2.16. The van der Waals surface area contributed by atoms with Gasteiger partial charge in [-0.25, -0.2) is 0 Å². The van der Waals surface area contributed by atoms with Crippen molar-refractivity contribution in [2.24, 2.45) is 0 Å². The molecule has 138 valence electrons. The van der Waals surface area contributed by atoms with Crippen molar-refractivity contribution in [1.29, 1.82) is 0 Å². The monoisotopic (exact) mass is 362 g/mol. The Morgan fingerprint density at radius 3 is 1.00 bits per heavy atom. The first-order valence-corrected chi connectivity index (χ1v) is 6.67. The summed E-state index contributed by atoms with van der Waals surface area (Å²) in [6.45, 7) is 0. The molecule has 0 bridgehead atoms. The van der Waals surface area contributed by atoms with E-state index >= 15 is 0 Å². The molecule has 0 radical (unpaired) electrons. The summed E-state index contributed by atoms with van der Waals surface area (Å²) in [5, 5.41) is 52.3. The molecular formula is C10H22N2O10S. The van der Waals surface area contributed by atoms with Gasteiger partial charge in [0.1, 0.15) is 0 Å². The summed E-state index contributed by atoms with van der Waals surface area (Å²) >= 11 is 0. The predicted octanol–water partition coefficient (Wildman–Crippen LogP) is -2.30. The topological polar surface area (TPSA) is 266 Å². The Morgan fingerprint density at radius 2 is 0.870 bits per heavy atom. The van der Waals surface area contributed by atoms with E-state index in [-0.39, 0.29) is 25.1 Å². The Hall–Kier alpha value is -1.23. The maximum atomic E-state index is 8.74. The van der Waals surface area contributed by atoms with E-state index in [4.69, 9.17) is 48.2 Å². The van der Waals surface area contributed by atoms with Crippen LogP contribution in [-0.2, 0) is 23.2 Å². The first-order valence-electron chi connectivity index (χ1n) is 5.28. The summed E-state index contributed by atoms with van der Waals surface area (Å²) < 4.78 is 31.6. The van der Waals surface area contributed by atoms with Crippen LogP contribution in [0, 0.1) is 0 Å². The van der Waals surface area contributed by atoms with Gasteiger partial charge in [0.05, 0.1) is 12.8 Å². The maximum absolute atomic E-state index is 8.74. The average Bonchev–Trinajstić information content (AvgIpc) is 2.14. The molecule has 0 saturated carbocycles. The smallest absolute Gasteiger partial charge is 0.344 e. The van der Waals surface area contributed by atoms with Crippen LogP contribution in [0.2, 0.25) is 0 Å². The number of rotatable bonds is 4. The Balaban J connectivity index is -0.000000502. The zero-order chi connectivity index (χ0) is 16.9. The Kier molecular flexibility index (Phi) is 11.4. The van der Waals surface area contributed by atoms with E-state index in [1.165, 1.54) is 24.3 Å². The lowest BCUT2D eigenvalue weighted by molar-refractivity contribution is -0.311. The SMILES string of the molecule is N.N.O=S(=O)(O)O.OC(O)(O)Cc1ccc(CC(O)(O)O)cc1. The highest BCUT2D eigenvalue weighted by Gasteiger charge is 2.20. The third kappa shape index (κ3) is 20.8. The maximum Gasteiger partial charge on any atom is 0.394 e. The van der Waals surface area contributed by atoms with Crippen molar-refractivity contribution < 1.29 is 48.2 Å². The van der Waals surface area contributed by atoms with E-state index in [0.29, 0.717) is 11.1 Å². The molecule has 0 spiro atoms. The minimum absolute atomic E-state index is 0. The second-order valence-corrected chi connectivity index (χ2v) is 5.06. The average molecular weight is 362 g/mol. The lowest BCUT2D eigenvalue weighted by Crippen LogP contribution is -2.30. The van der Waals surface area contributed by atoms with Crippen LogP contribution in [-0.4, -0.2) is 60.1 Å². The molecule has 0 aromatic heterocycles. The number of aliphatic hydroxyl groups is 6.